The fraction of sp³-hybridized carbons (Fsp3) is 0.222. The molecule has 0 fully saturated rings. The molecule has 0 aliphatic heterocycles. The minimum atomic E-state index is -0.0233. The first-order valence-corrected chi connectivity index (χ1v) is 4.12. The number of aliphatic hydroxyl groups excluding tert-OH is 1. The zero-order valence-corrected chi connectivity index (χ0v) is 7.12. The lowest BCUT2D eigenvalue weighted by molar-refractivity contribution is 0.278. The predicted octanol–water partition coefficient (Wildman–Crippen LogP) is 0.514. The molecule has 13 heavy (non-hydrogen) atoms. The molecule has 4 nitrogen and oxygen atoms in total. The molecular formula is C9H11N3O. The van der Waals surface area contributed by atoms with Crippen LogP contribution in [0.3, 0.4) is 0 Å². The van der Waals surface area contributed by atoms with E-state index in [1.54, 1.807) is 0 Å². The molecule has 0 bridgehead atoms. The topological polar surface area (TPSA) is 74.9 Å². The first-order valence-electron chi connectivity index (χ1n) is 4.12. The molecule has 0 aliphatic rings. The van der Waals surface area contributed by atoms with Crippen LogP contribution in [0.25, 0.3) is 10.9 Å². The summed E-state index contributed by atoms with van der Waals surface area (Å²) in [6.45, 7) is 0.483. The van der Waals surface area contributed by atoms with E-state index in [1.807, 2.05) is 18.2 Å². The molecule has 0 radical (unpaired) electrons. The number of benzene rings is 1. The smallest absolute Gasteiger partial charge is 0.0924 e. The lowest BCUT2D eigenvalue weighted by Gasteiger charge is -1.96. The Morgan fingerprint density at radius 2 is 2.31 bits per heavy atom. The number of H-pyrrole nitrogens is 1. The highest BCUT2D eigenvalue weighted by Gasteiger charge is 2.03. The Labute approximate surface area is 75.4 Å². The first kappa shape index (κ1) is 8.22. The average molecular weight is 177 g/mol. The molecule has 1 heterocycles. The summed E-state index contributed by atoms with van der Waals surface area (Å²) < 4.78 is 0. The van der Waals surface area contributed by atoms with E-state index in [4.69, 9.17) is 10.8 Å². The van der Waals surface area contributed by atoms with Crippen LogP contribution in [-0.4, -0.2) is 15.3 Å². The zero-order valence-electron chi connectivity index (χ0n) is 7.12. The fourth-order valence-corrected chi connectivity index (χ4v) is 1.36. The first-order chi connectivity index (χ1) is 6.35. The van der Waals surface area contributed by atoms with Crippen molar-refractivity contribution < 1.29 is 5.11 Å². The Morgan fingerprint density at radius 3 is 3.00 bits per heavy atom. The van der Waals surface area contributed by atoms with Crippen LogP contribution in [0.2, 0.25) is 0 Å². The summed E-state index contributed by atoms with van der Waals surface area (Å²) in [4.78, 5) is 0. The molecule has 2 rings (SSSR count). The maximum Gasteiger partial charge on any atom is 0.0924 e. The molecule has 0 aliphatic carbocycles. The Kier molecular flexibility index (Phi) is 2.00. The van der Waals surface area contributed by atoms with Gasteiger partial charge in [-0.1, -0.05) is 6.07 Å². The standard InChI is InChI=1S/C9H11N3O/c10-4-6-1-2-8-7(3-6)9(5-13)12-11-8/h1-3,13H,4-5,10H2,(H,11,12). The molecule has 0 unspecified atom stereocenters. The van der Waals surface area contributed by atoms with Gasteiger partial charge in [-0.25, -0.2) is 0 Å². The van der Waals surface area contributed by atoms with Crippen molar-refractivity contribution >= 4 is 10.9 Å². The van der Waals surface area contributed by atoms with Gasteiger partial charge in [0.25, 0.3) is 0 Å². The summed E-state index contributed by atoms with van der Waals surface area (Å²) in [5.41, 5.74) is 8.16. The van der Waals surface area contributed by atoms with Crippen molar-refractivity contribution in [3.05, 3.63) is 29.5 Å². The highest BCUT2D eigenvalue weighted by molar-refractivity contribution is 5.81. The van der Waals surface area contributed by atoms with E-state index in [1.165, 1.54) is 0 Å². The van der Waals surface area contributed by atoms with Gasteiger partial charge in [0.1, 0.15) is 0 Å². The molecular weight excluding hydrogens is 166 g/mol. The van der Waals surface area contributed by atoms with Gasteiger partial charge in [0.15, 0.2) is 0 Å². The highest BCUT2D eigenvalue weighted by Crippen LogP contribution is 2.17. The molecule has 68 valence electrons. The van der Waals surface area contributed by atoms with E-state index < -0.39 is 0 Å². The number of fused-ring (bicyclic) bond motifs is 1. The van der Waals surface area contributed by atoms with Crippen LogP contribution in [0.15, 0.2) is 18.2 Å². The van der Waals surface area contributed by atoms with Gasteiger partial charge < -0.3 is 10.8 Å². The van der Waals surface area contributed by atoms with Gasteiger partial charge in [0.2, 0.25) is 0 Å². The van der Waals surface area contributed by atoms with Crippen molar-refractivity contribution in [1.29, 1.82) is 0 Å². The van der Waals surface area contributed by atoms with Crippen LogP contribution >= 0.6 is 0 Å². The molecule has 1 aromatic carbocycles. The van der Waals surface area contributed by atoms with Gasteiger partial charge in [-0.15, -0.1) is 0 Å². The predicted molar refractivity (Wildman–Crippen MR) is 49.9 cm³/mol. The molecule has 0 spiro atoms. The van der Waals surface area contributed by atoms with Crippen molar-refractivity contribution in [3.63, 3.8) is 0 Å². The number of nitrogens with two attached hydrogens (primary N) is 1. The SMILES string of the molecule is NCc1ccc2n[nH]c(CO)c2c1. The summed E-state index contributed by atoms with van der Waals surface area (Å²) >= 11 is 0. The van der Waals surface area contributed by atoms with Crippen LogP contribution in [0, 0.1) is 0 Å². The third-order valence-electron chi connectivity index (χ3n) is 2.09. The summed E-state index contributed by atoms with van der Waals surface area (Å²) in [5.74, 6) is 0. The molecule has 4 N–H and O–H groups in total. The Balaban J connectivity index is 2.64. The second-order valence-corrected chi connectivity index (χ2v) is 2.92. The third kappa shape index (κ3) is 1.30. The Morgan fingerprint density at radius 1 is 1.46 bits per heavy atom. The minimum Gasteiger partial charge on any atom is -0.390 e. The third-order valence-corrected chi connectivity index (χ3v) is 2.09. The van der Waals surface area contributed by atoms with E-state index in [-0.39, 0.29) is 6.61 Å². The van der Waals surface area contributed by atoms with Gasteiger partial charge in [-0.2, -0.15) is 5.10 Å². The number of nitrogens with zero attached hydrogens (tertiary/aromatic N) is 1. The molecule has 1 aromatic heterocycles. The molecule has 0 amide bonds. The Hall–Kier alpha value is -1.39. The maximum absolute atomic E-state index is 8.99. The zero-order chi connectivity index (χ0) is 9.26. The summed E-state index contributed by atoms with van der Waals surface area (Å²) in [7, 11) is 0. The normalized spacial score (nSPS) is 10.9. The van der Waals surface area contributed by atoms with Crippen molar-refractivity contribution in [2.75, 3.05) is 0 Å². The number of hydrogen-bond acceptors (Lipinski definition) is 3. The lowest BCUT2D eigenvalue weighted by Crippen LogP contribution is -1.95. The molecule has 0 saturated carbocycles. The number of rotatable bonds is 2. The van der Waals surface area contributed by atoms with Crippen molar-refractivity contribution in [2.24, 2.45) is 5.73 Å². The van der Waals surface area contributed by atoms with E-state index in [0.717, 1.165) is 22.2 Å². The second-order valence-electron chi connectivity index (χ2n) is 2.92. The van der Waals surface area contributed by atoms with E-state index in [0.29, 0.717) is 6.54 Å². The molecule has 0 atom stereocenters. The second kappa shape index (κ2) is 3.16. The van der Waals surface area contributed by atoms with Gasteiger partial charge in [0.05, 0.1) is 17.8 Å². The van der Waals surface area contributed by atoms with Crippen LogP contribution in [0.4, 0.5) is 0 Å². The minimum absolute atomic E-state index is 0.0233. The molecule has 2 aromatic rings. The highest BCUT2D eigenvalue weighted by atomic mass is 16.3. The lowest BCUT2D eigenvalue weighted by atomic mass is 10.1. The van der Waals surface area contributed by atoms with Gasteiger partial charge >= 0.3 is 0 Å². The Bertz CT molecular complexity index is 422. The number of nitrogens with one attached hydrogen (secondary N) is 1. The monoisotopic (exact) mass is 177 g/mol. The quantitative estimate of drug-likeness (QED) is 0.625. The largest absolute Gasteiger partial charge is 0.390 e. The molecule has 4 heteroatoms. The summed E-state index contributed by atoms with van der Waals surface area (Å²) in [6, 6.07) is 5.78. The van der Waals surface area contributed by atoms with Crippen molar-refractivity contribution in [2.45, 2.75) is 13.2 Å². The van der Waals surface area contributed by atoms with Crippen molar-refractivity contribution in [3.8, 4) is 0 Å². The van der Waals surface area contributed by atoms with Crippen LogP contribution in [0.5, 0.6) is 0 Å². The average Bonchev–Trinajstić information content (AvgIpc) is 2.59. The number of hydrogen-bond donors (Lipinski definition) is 3. The molecule has 0 saturated heterocycles. The number of aromatic nitrogens is 2. The van der Waals surface area contributed by atoms with Crippen LogP contribution in [0.1, 0.15) is 11.3 Å². The van der Waals surface area contributed by atoms with E-state index >= 15 is 0 Å². The summed E-state index contributed by atoms with van der Waals surface area (Å²) in [6.07, 6.45) is 0. The number of aromatic amines is 1. The van der Waals surface area contributed by atoms with E-state index in [2.05, 4.69) is 10.2 Å². The maximum atomic E-state index is 8.99. The van der Waals surface area contributed by atoms with Crippen molar-refractivity contribution in [1.82, 2.24) is 10.2 Å². The van der Waals surface area contributed by atoms with Crippen LogP contribution in [-0.2, 0) is 13.2 Å². The van der Waals surface area contributed by atoms with Gasteiger partial charge in [0, 0.05) is 11.9 Å². The summed E-state index contributed by atoms with van der Waals surface area (Å²) in [5, 5.41) is 16.7. The number of aliphatic hydroxyl groups is 1. The van der Waals surface area contributed by atoms with Gasteiger partial charge in [-0.05, 0) is 17.7 Å². The van der Waals surface area contributed by atoms with E-state index in [9.17, 15) is 0 Å². The van der Waals surface area contributed by atoms with Crippen LogP contribution < -0.4 is 5.73 Å². The fourth-order valence-electron chi connectivity index (χ4n) is 1.36. The van der Waals surface area contributed by atoms with Gasteiger partial charge in [-0.3, -0.25) is 5.10 Å².